The number of hydrogen-bond acceptors (Lipinski definition) is 4. The number of carbonyl (C=O) groups is 1. The molecule has 4 heteroatoms. The minimum Gasteiger partial charge on any atom is -0.465 e. The predicted octanol–water partition coefficient (Wildman–Crippen LogP) is 2.20. The minimum absolute atomic E-state index is 0.381. The number of nitriles is 1. The summed E-state index contributed by atoms with van der Waals surface area (Å²) in [6.45, 7) is 1.99. The fourth-order valence-corrected chi connectivity index (χ4v) is 1.82. The standard InChI is InChI=1S/C15H18N2O2/c1-5-12-8-11(9-16)6-7-13(12)14(10-17(2)3)15(18)19-4/h6-8,10H,5H2,1-4H3/b14-10-. The number of benzene rings is 1. The molecule has 0 unspecified atom stereocenters. The van der Waals surface area contributed by atoms with Crippen LogP contribution in [0.25, 0.3) is 5.57 Å². The Morgan fingerprint density at radius 1 is 1.47 bits per heavy atom. The highest BCUT2D eigenvalue weighted by Crippen LogP contribution is 2.23. The first-order valence-electron chi connectivity index (χ1n) is 6.03. The Morgan fingerprint density at radius 2 is 2.16 bits per heavy atom. The second-order valence-corrected chi connectivity index (χ2v) is 4.34. The van der Waals surface area contributed by atoms with Gasteiger partial charge in [-0.25, -0.2) is 4.79 Å². The van der Waals surface area contributed by atoms with Crippen molar-refractivity contribution in [2.45, 2.75) is 13.3 Å². The third-order valence-electron chi connectivity index (χ3n) is 2.70. The molecule has 0 atom stereocenters. The monoisotopic (exact) mass is 258 g/mol. The van der Waals surface area contributed by atoms with E-state index in [1.54, 1.807) is 23.2 Å². The van der Waals surface area contributed by atoms with Crippen molar-refractivity contribution in [3.05, 3.63) is 41.1 Å². The van der Waals surface area contributed by atoms with Crippen molar-refractivity contribution in [2.24, 2.45) is 0 Å². The van der Waals surface area contributed by atoms with Gasteiger partial charge in [-0.1, -0.05) is 13.0 Å². The molecule has 0 aromatic heterocycles. The number of ether oxygens (including phenoxy) is 1. The molecule has 19 heavy (non-hydrogen) atoms. The maximum atomic E-state index is 11.9. The minimum atomic E-state index is -0.381. The van der Waals surface area contributed by atoms with Gasteiger partial charge in [0.15, 0.2) is 0 Å². The molecule has 4 nitrogen and oxygen atoms in total. The van der Waals surface area contributed by atoms with Gasteiger partial charge in [0.05, 0.1) is 24.3 Å². The van der Waals surface area contributed by atoms with Gasteiger partial charge in [0, 0.05) is 20.3 Å². The SMILES string of the molecule is CCc1cc(C#N)ccc1/C(=C/N(C)C)C(=O)OC. The normalized spacial score (nSPS) is 10.8. The van der Waals surface area contributed by atoms with Gasteiger partial charge in [0.25, 0.3) is 0 Å². The van der Waals surface area contributed by atoms with E-state index in [9.17, 15) is 4.79 Å². The topological polar surface area (TPSA) is 53.3 Å². The number of aryl methyl sites for hydroxylation is 1. The highest BCUT2D eigenvalue weighted by atomic mass is 16.5. The van der Waals surface area contributed by atoms with Crippen LogP contribution in [0.3, 0.4) is 0 Å². The second-order valence-electron chi connectivity index (χ2n) is 4.34. The maximum absolute atomic E-state index is 11.9. The highest BCUT2D eigenvalue weighted by molar-refractivity contribution is 6.16. The summed E-state index contributed by atoms with van der Waals surface area (Å²) in [5.41, 5.74) is 2.85. The Bertz CT molecular complexity index is 540. The summed E-state index contributed by atoms with van der Waals surface area (Å²) < 4.78 is 4.82. The first-order valence-corrected chi connectivity index (χ1v) is 6.03. The molecule has 0 aliphatic carbocycles. The van der Waals surface area contributed by atoms with E-state index in [-0.39, 0.29) is 5.97 Å². The zero-order chi connectivity index (χ0) is 14.4. The van der Waals surface area contributed by atoms with E-state index in [1.165, 1.54) is 7.11 Å². The van der Waals surface area contributed by atoms with Gasteiger partial charge >= 0.3 is 5.97 Å². The fourth-order valence-electron chi connectivity index (χ4n) is 1.82. The lowest BCUT2D eigenvalue weighted by atomic mass is 9.96. The number of rotatable bonds is 4. The van der Waals surface area contributed by atoms with Crippen molar-refractivity contribution >= 4 is 11.5 Å². The zero-order valence-electron chi connectivity index (χ0n) is 11.7. The molecule has 0 fully saturated rings. The molecule has 0 N–H and O–H groups in total. The Balaban J connectivity index is 3.39. The van der Waals surface area contributed by atoms with Crippen molar-refractivity contribution in [3.63, 3.8) is 0 Å². The average molecular weight is 258 g/mol. The van der Waals surface area contributed by atoms with Crippen LogP contribution in [0.4, 0.5) is 0 Å². The molecule has 1 aromatic carbocycles. The molecule has 1 aromatic rings. The van der Waals surface area contributed by atoms with Crippen molar-refractivity contribution in [1.82, 2.24) is 4.90 Å². The lowest BCUT2D eigenvalue weighted by Gasteiger charge is -2.14. The molecule has 0 spiro atoms. The lowest BCUT2D eigenvalue weighted by molar-refractivity contribution is -0.133. The number of nitrogens with zero attached hydrogens (tertiary/aromatic N) is 2. The summed E-state index contributed by atoms with van der Waals surface area (Å²) in [4.78, 5) is 13.7. The molecule has 0 saturated carbocycles. The molecule has 0 saturated heterocycles. The largest absolute Gasteiger partial charge is 0.465 e. The van der Waals surface area contributed by atoms with Gasteiger partial charge in [-0.15, -0.1) is 0 Å². The predicted molar refractivity (Wildman–Crippen MR) is 74.2 cm³/mol. The summed E-state index contributed by atoms with van der Waals surface area (Å²) >= 11 is 0. The van der Waals surface area contributed by atoms with Crippen molar-refractivity contribution < 1.29 is 9.53 Å². The van der Waals surface area contributed by atoms with Crippen LogP contribution < -0.4 is 0 Å². The molecule has 0 amide bonds. The Kier molecular flexibility index (Phi) is 5.13. The summed E-state index contributed by atoms with van der Waals surface area (Å²) in [7, 11) is 5.05. The molecular formula is C15H18N2O2. The molecular weight excluding hydrogens is 240 g/mol. The molecule has 0 aliphatic heterocycles. The Morgan fingerprint density at radius 3 is 2.63 bits per heavy atom. The van der Waals surface area contributed by atoms with E-state index in [4.69, 9.17) is 10.00 Å². The van der Waals surface area contributed by atoms with E-state index >= 15 is 0 Å². The van der Waals surface area contributed by atoms with Gasteiger partial charge in [0.2, 0.25) is 0 Å². The summed E-state index contributed by atoms with van der Waals surface area (Å²) in [6, 6.07) is 7.42. The Hall–Kier alpha value is -2.28. The third-order valence-corrected chi connectivity index (χ3v) is 2.70. The van der Waals surface area contributed by atoms with Gasteiger partial charge < -0.3 is 9.64 Å². The van der Waals surface area contributed by atoms with Crippen molar-refractivity contribution in [2.75, 3.05) is 21.2 Å². The van der Waals surface area contributed by atoms with E-state index in [0.717, 1.165) is 17.5 Å². The summed E-state index contributed by atoms with van der Waals surface area (Å²) in [6.07, 6.45) is 2.47. The van der Waals surface area contributed by atoms with Gasteiger partial charge in [-0.3, -0.25) is 0 Å². The molecule has 1 rings (SSSR count). The van der Waals surface area contributed by atoms with Crippen LogP contribution in [0.1, 0.15) is 23.6 Å². The van der Waals surface area contributed by atoms with Crippen LogP contribution in [0, 0.1) is 11.3 Å². The molecule has 0 radical (unpaired) electrons. The number of hydrogen-bond donors (Lipinski definition) is 0. The number of methoxy groups -OCH3 is 1. The van der Waals surface area contributed by atoms with Crippen LogP contribution in [-0.2, 0) is 16.0 Å². The smallest absolute Gasteiger partial charge is 0.339 e. The van der Waals surface area contributed by atoms with Crippen LogP contribution in [0.15, 0.2) is 24.4 Å². The molecule has 0 aliphatic rings. The van der Waals surface area contributed by atoms with E-state index < -0.39 is 0 Å². The third kappa shape index (κ3) is 3.59. The quantitative estimate of drug-likeness (QED) is 0.613. The summed E-state index contributed by atoms with van der Waals surface area (Å²) in [5, 5.41) is 8.92. The molecule has 100 valence electrons. The van der Waals surface area contributed by atoms with Crippen LogP contribution >= 0.6 is 0 Å². The highest BCUT2D eigenvalue weighted by Gasteiger charge is 2.16. The van der Waals surface area contributed by atoms with Crippen LogP contribution in [0.2, 0.25) is 0 Å². The van der Waals surface area contributed by atoms with Crippen LogP contribution in [-0.4, -0.2) is 32.1 Å². The second kappa shape index (κ2) is 6.60. The molecule has 0 heterocycles. The van der Waals surface area contributed by atoms with E-state index in [0.29, 0.717) is 11.1 Å². The first kappa shape index (κ1) is 14.8. The van der Waals surface area contributed by atoms with E-state index in [1.807, 2.05) is 27.1 Å². The first-order chi connectivity index (χ1) is 9.03. The molecule has 0 bridgehead atoms. The van der Waals surface area contributed by atoms with E-state index in [2.05, 4.69) is 6.07 Å². The lowest BCUT2D eigenvalue weighted by Crippen LogP contribution is -2.11. The van der Waals surface area contributed by atoms with Gasteiger partial charge in [-0.05, 0) is 29.7 Å². The summed E-state index contributed by atoms with van der Waals surface area (Å²) in [5.74, 6) is -0.381. The zero-order valence-corrected chi connectivity index (χ0v) is 11.7. The average Bonchev–Trinajstić information content (AvgIpc) is 2.43. The maximum Gasteiger partial charge on any atom is 0.339 e. The Labute approximate surface area is 113 Å². The van der Waals surface area contributed by atoms with Gasteiger partial charge in [-0.2, -0.15) is 5.26 Å². The van der Waals surface area contributed by atoms with Crippen molar-refractivity contribution in [1.29, 1.82) is 5.26 Å². The number of carbonyl (C=O) groups excluding carboxylic acids is 1. The number of esters is 1. The van der Waals surface area contributed by atoms with Gasteiger partial charge in [0.1, 0.15) is 0 Å². The fraction of sp³-hybridized carbons (Fsp3) is 0.333. The van der Waals surface area contributed by atoms with Crippen molar-refractivity contribution in [3.8, 4) is 6.07 Å². The van der Waals surface area contributed by atoms with Crippen LogP contribution in [0.5, 0.6) is 0 Å².